The molecule has 5 N–H and O–H groups in total. The van der Waals surface area contributed by atoms with Gasteiger partial charge in [0.2, 0.25) is 6.29 Å². The quantitative estimate of drug-likeness (QED) is 0.125. The van der Waals surface area contributed by atoms with Crippen molar-refractivity contribution in [3.8, 4) is 0 Å². The van der Waals surface area contributed by atoms with Gasteiger partial charge in [-0.05, 0) is 72.1 Å². The summed E-state index contributed by atoms with van der Waals surface area (Å²) in [5.74, 6) is 2.00. The van der Waals surface area contributed by atoms with Crippen LogP contribution >= 0.6 is 54.0 Å². The Morgan fingerprint density at radius 2 is 1.25 bits per heavy atom. The minimum Gasteiger partial charge on any atom is -0.444 e. The Kier molecular flexibility index (Phi) is 24.9. The number of halogens is 3. The Hall–Kier alpha value is -3.07. The van der Waals surface area contributed by atoms with Gasteiger partial charge >= 0.3 is 12.3 Å². The molecule has 0 aromatic carbocycles. The van der Waals surface area contributed by atoms with Crippen LogP contribution in [0.2, 0.25) is 0 Å². The van der Waals surface area contributed by atoms with Gasteiger partial charge in [-0.2, -0.15) is 86.4 Å². The summed E-state index contributed by atoms with van der Waals surface area (Å²) in [4.78, 5) is 29.9. The number of carbonyl (C=O) groups is 2. The normalized spacial score (nSPS) is 18.4. The van der Waals surface area contributed by atoms with Crippen molar-refractivity contribution in [1.29, 1.82) is 0 Å². The number of amides is 1. The molecule has 4 aromatic heterocycles. The Balaban J connectivity index is 0. The van der Waals surface area contributed by atoms with Crippen molar-refractivity contribution in [3.63, 3.8) is 0 Å². The highest BCUT2D eigenvalue weighted by atomic mass is 32.1. The van der Waals surface area contributed by atoms with E-state index in [1.165, 1.54) is 0 Å². The largest absolute Gasteiger partial charge is 0.446 e. The number of carbonyl (C=O) groups excluding carboxylic acids is 2. The van der Waals surface area contributed by atoms with E-state index in [-0.39, 0.29) is 73.5 Å². The molecule has 0 spiro atoms. The van der Waals surface area contributed by atoms with Crippen LogP contribution in [0.4, 0.5) is 29.6 Å². The molecule has 4 heterocycles. The van der Waals surface area contributed by atoms with E-state index < -0.39 is 18.1 Å². The predicted octanol–water partition coefficient (Wildman–Crippen LogP) is 7.35. The summed E-state index contributed by atoms with van der Waals surface area (Å²) < 4.78 is 40.3. The Labute approximate surface area is 356 Å². The molecule has 20 heteroatoms. The maximum absolute atomic E-state index is 12.0. The summed E-state index contributed by atoms with van der Waals surface area (Å²) in [6, 6.07) is 9.29. The maximum Gasteiger partial charge on any atom is 0.446 e. The zero-order valence-corrected chi connectivity index (χ0v) is 36.0. The standard InChI is InChI=1S/C19H29N5O2.C14H21N5.C2HF3O.CH4.4H2S/c1-5-6-13-12-17(24-16(21-13)9-10-20-24)22-14-7-8-15(11-14)23-18(25)26-19(2,3)4;1-2-3-11-9-14(18-12-5-4-10(15)8-12)19-13(17-11)6-7-16-19;3-2(4,5)1-6;;;;;/h9-10,12,14-15,22H,5-8,11H2,1-4H3,(H,23,25);6-7,9-10,12,18H,2-5,8,15H2,1H3;1H;1H4;4*1H2/t14-,15-;10-,12-;;;;;;/m00....../s1. The first-order valence-electron chi connectivity index (χ1n) is 17.6. The highest BCUT2D eigenvalue weighted by molar-refractivity contribution is 7.59. The summed E-state index contributed by atoms with van der Waals surface area (Å²) in [5.41, 5.74) is 9.47. The fourth-order valence-electron chi connectivity index (χ4n) is 6.19. The molecule has 2 saturated carbocycles. The smallest absolute Gasteiger partial charge is 0.444 e. The van der Waals surface area contributed by atoms with Gasteiger partial charge in [0.15, 0.2) is 11.3 Å². The lowest BCUT2D eigenvalue weighted by Gasteiger charge is -2.22. The molecule has 0 bridgehead atoms. The number of nitrogens with one attached hydrogen (secondary N) is 3. The van der Waals surface area contributed by atoms with Crippen LogP contribution < -0.4 is 21.7 Å². The van der Waals surface area contributed by atoms with Crippen molar-refractivity contribution in [2.24, 2.45) is 5.73 Å². The third-order valence-corrected chi connectivity index (χ3v) is 8.30. The molecule has 2 aliphatic rings. The van der Waals surface area contributed by atoms with Crippen LogP contribution in [-0.2, 0) is 22.4 Å². The first kappa shape index (κ1) is 55.0. The first-order chi connectivity index (χ1) is 24.2. The second-order valence-corrected chi connectivity index (χ2v) is 14.0. The third kappa shape index (κ3) is 17.6. The number of hydrogen-bond acceptors (Lipinski definition) is 10. The van der Waals surface area contributed by atoms with Crippen molar-refractivity contribution in [2.45, 2.75) is 142 Å². The summed E-state index contributed by atoms with van der Waals surface area (Å²) in [7, 11) is 0. The Morgan fingerprint density at radius 1 is 0.821 bits per heavy atom. The van der Waals surface area contributed by atoms with Crippen molar-refractivity contribution in [3.05, 3.63) is 48.0 Å². The molecular weight excluding hydrogens is 806 g/mol. The van der Waals surface area contributed by atoms with Gasteiger partial charge in [0.25, 0.3) is 0 Å². The lowest BCUT2D eigenvalue weighted by atomic mass is 10.2. The van der Waals surface area contributed by atoms with Gasteiger partial charge in [-0.3, -0.25) is 4.79 Å². The highest BCUT2D eigenvalue weighted by Crippen LogP contribution is 2.25. The molecule has 0 aliphatic heterocycles. The molecule has 1 amide bonds. The van der Waals surface area contributed by atoms with Crippen molar-refractivity contribution in [2.75, 3.05) is 10.6 Å². The number of aromatic nitrogens is 6. The SMILES string of the molecule is C.CCCc1cc(N[C@H]2CC[C@H](N)C2)n2nccc2n1.CCCc1cc(N[C@H]2CC[C@H](NC(=O)OC(C)(C)C)C2)n2nccc2n1.O=CC(F)(F)F.S.S.S.S. The number of alkyl halides is 3. The molecule has 4 aromatic rings. The second-order valence-electron chi connectivity index (χ2n) is 14.0. The molecule has 0 saturated heterocycles. The summed E-state index contributed by atoms with van der Waals surface area (Å²) in [6.45, 7) is 9.94. The average molecular weight is 869 g/mol. The van der Waals surface area contributed by atoms with Gasteiger partial charge < -0.3 is 26.4 Å². The molecule has 320 valence electrons. The number of ether oxygens (including phenoxy) is 1. The minimum atomic E-state index is -4.64. The number of hydrogen-bond donors (Lipinski definition) is 4. The van der Waals surface area contributed by atoms with Gasteiger partial charge in [-0.1, -0.05) is 34.1 Å². The number of nitrogens with two attached hydrogens (primary N) is 1. The highest BCUT2D eigenvalue weighted by Gasteiger charge is 2.28. The van der Waals surface area contributed by atoms with E-state index in [0.717, 1.165) is 98.5 Å². The Morgan fingerprint density at radius 3 is 1.64 bits per heavy atom. The molecule has 56 heavy (non-hydrogen) atoms. The van der Waals surface area contributed by atoms with Crippen LogP contribution in [0.15, 0.2) is 36.7 Å². The lowest BCUT2D eigenvalue weighted by Crippen LogP contribution is -2.38. The zero-order chi connectivity index (χ0) is 37.2. The number of anilines is 2. The van der Waals surface area contributed by atoms with Gasteiger partial charge in [0.05, 0.1) is 12.4 Å². The van der Waals surface area contributed by atoms with Gasteiger partial charge in [0.1, 0.15) is 17.2 Å². The third-order valence-electron chi connectivity index (χ3n) is 8.30. The number of aldehydes is 1. The molecule has 13 nitrogen and oxygen atoms in total. The minimum absolute atomic E-state index is 0. The molecule has 2 aliphatic carbocycles. The van der Waals surface area contributed by atoms with Gasteiger partial charge in [0, 0.05) is 59.8 Å². The maximum atomic E-state index is 12.0. The van der Waals surface area contributed by atoms with Crippen LogP contribution in [0.5, 0.6) is 0 Å². The van der Waals surface area contributed by atoms with Crippen LogP contribution in [0.25, 0.3) is 11.3 Å². The van der Waals surface area contributed by atoms with E-state index in [2.05, 4.69) is 62.1 Å². The summed E-state index contributed by atoms with van der Waals surface area (Å²) >= 11 is 0. The molecule has 0 radical (unpaired) electrons. The monoisotopic (exact) mass is 868 g/mol. The van der Waals surface area contributed by atoms with Crippen LogP contribution in [0, 0.1) is 0 Å². The summed E-state index contributed by atoms with van der Waals surface area (Å²) in [6.07, 6.45) is 7.70. The van der Waals surface area contributed by atoms with Gasteiger partial charge in [-0.15, -0.1) is 0 Å². The number of rotatable bonds is 9. The number of nitrogens with zero attached hydrogens (tertiary/aromatic N) is 6. The molecule has 4 atom stereocenters. The second kappa shape index (κ2) is 25.3. The van der Waals surface area contributed by atoms with E-state index in [9.17, 15) is 18.0 Å². The van der Waals surface area contributed by atoms with E-state index in [4.69, 9.17) is 15.3 Å². The van der Waals surface area contributed by atoms with Gasteiger partial charge in [-0.25, -0.2) is 14.8 Å². The summed E-state index contributed by atoms with van der Waals surface area (Å²) in [5, 5.41) is 18.9. The van der Waals surface area contributed by atoms with Crippen LogP contribution in [0.3, 0.4) is 0 Å². The van der Waals surface area contributed by atoms with Crippen molar-refractivity contribution >= 4 is 89.3 Å². The number of fused-ring (bicyclic) bond motifs is 2. The van der Waals surface area contributed by atoms with Crippen molar-refractivity contribution in [1.82, 2.24) is 34.5 Å². The average Bonchev–Trinajstić information content (AvgIpc) is 3.86. The lowest BCUT2D eigenvalue weighted by molar-refractivity contribution is -0.156. The first-order valence-corrected chi connectivity index (χ1v) is 17.6. The van der Waals surface area contributed by atoms with E-state index in [1.54, 1.807) is 12.4 Å². The van der Waals surface area contributed by atoms with Crippen LogP contribution in [0.1, 0.15) is 105 Å². The topological polar surface area (TPSA) is 166 Å². The van der Waals surface area contributed by atoms with Crippen molar-refractivity contribution < 1.29 is 27.5 Å². The van der Waals surface area contributed by atoms with E-state index in [1.807, 2.05) is 41.9 Å². The molecular formula is C36H63F3N10O3S4. The fraction of sp³-hybridized carbons (Fsp3) is 0.611. The van der Waals surface area contributed by atoms with Crippen LogP contribution in [-0.4, -0.2) is 77.5 Å². The molecule has 2 fully saturated rings. The zero-order valence-electron chi connectivity index (χ0n) is 32.0. The Bertz CT molecular complexity index is 1740. The number of aryl methyl sites for hydroxylation is 2. The molecule has 0 unspecified atom stereocenters. The number of alkyl carbamates (subject to hydrolysis) is 1. The molecule has 6 rings (SSSR count). The van der Waals surface area contributed by atoms with E-state index >= 15 is 0 Å². The fourth-order valence-corrected chi connectivity index (χ4v) is 6.19. The predicted molar refractivity (Wildman–Crippen MR) is 238 cm³/mol. The van der Waals surface area contributed by atoms with E-state index in [0.29, 0.717) is 18.1 Å².